The highest BCUT2D eigenvalue weighted by atomic mass is 16.4. The second kappa shape index (κ2) is 5.24. The summed E-state index contributed by atoms with van der Waals surface area (Å²) in [7, 11) is 2.85. The van der Waals surface area contributed by atoms with Crippen molar-refractivity contribution in [2.75, 3.05) is 0 Å². The van der Waals surface area contributed by atoms with Crippen LogP contribution in [0.3, 0.4) is 0 Å². The highest BCUT2D eigenvalue weighted by molar-refractivity contribution is 5.79. The van der Waals surface area contributed by atoms with Crippen molar-refractivity contribution in [1.29, 1.82) is 0 Å². The normalized spacial score (nSPS) is 11.0. The van der Waals surface area contributed by atoms with Gasteiger partial charge in [0.05, 0.1) is 0 Å². The molecular formula is C15H14N4O4. The Hall–Kier alpha value is -3.16. The summed E-state index contributed by atoms with van der Waals surface area (Å²) in [6.45, 7) is -0.422. The van der Waals surface area contributed by atoms with Gasteiger partial charge in [-0.05, 0) is 0 Å². The fourth-order valence-corrected chi connectivity index (χ4v) is 2.54. The Morgan fingerprint density at radius 3 is 2.39 bits per heavy atom. The molecule has 2 heterocycles. The summed E-state index contributed by atoms with van der Waals surface area (Å²) in [6.07, 6.45) is 0. The van der Waals surface area contributed by atoms with Crippen molar-refractivity contribution in [1.82, 2.24) is 18.7 Å². The fraction of sp³-hybridized carbons (Fsp3) is 0.200. The van der Waals surface area contributed by atoms with E-state index in [1.807, 2.05) is 6.07 Å². The van der Waals surface area contributed by atoms with Crippen molar-refractivity contribution in [3.8, 4) is 11.4 Å². The van der Waals surface area contributed by atoms with E-state index in [0.29, 0.717) is 11.4 Å². The predicted molar refractivity (Wildman–Crippen MR) is 83.3 cm³/mol. The number of hydrogen-bond acceptors (Lipinski definition) is 4. The average molecular weight is 314 g/mol. The van der Waals surface area contributed by atoms with Crippen LogP contribution in [-0.2, 0) is 25.4 Å². The molecule has 0 aliphatic carbocycles. The fourth-order valence-electron chi connectivity index (χ4n) is 2.54. The summed E-state index contributed by atoms with van der Waals surface area (Å²) >= 11 is 0. The topological polar surface area (TPSA) is 99.1 Å². The predicted octanol–water partition coefficient (Wildman–Crippen LogP) is 0.185. The zero-order chi connectivity index (χ0) is 16.7. The van der Waals surface area contributed by atoms with Crippen LogP contribution in [0.4, 0.5) is 0 Å². The number of benzene rings is 1. The first-order valence-electron chi connectivity index (χ1n) is 6.85. The van der Waals surface area contributed by atoms with E-state index in [1.165, 1.54) is 23.2 Å². The zero-order valence-corrected chi connectivity index (χ0v) is 12.6. The number of aromatic nitrogens is 4. The van der Waals surface area contributed by atoms with E-state index in [4.69, 9.17) is 0 Å². The first-order chi connectivity index (χ1) is 10.9. The molecule has 0 amide bonds. The molecule has 0 radical (unpaired) electrons. The van der Waals surface area contributed by atoms with E-state index < -0.39 is 23.8 Å². The van der Waals surface area contributed by atoms with E-state index in [0.717, 1.165) is 4.57 Å². The molecular weight excluding hydrogens is 300 g/mol. The molecule has 0 atom stereocenters. The number of nitrogens with zero attached hydrogens (tertiary/aromatic N) is 4. The average Bonchev–Trinajstić information content (AvgIpc) is 2.90. The van der Waals surface area contributed by atoms with Crippen LogP contribution in [0.15, 0.2) is 39.9 Å². The maximum Gasteiger partial charge on any atom is 0.332 e. The van der Waals surface area contributed by atoms with E-state index in [2.05, 4.69) is 4.98 Å². The van der Waals surface area contributed by atoms with Gasteiger partial charge in [-0.2, -0.15) is 0 Å². The molecule has 0 unspecified atom stereocenters. The summed E-state index contributed by atoms with van der Waals surface area (Å²) in [6, 6.07) is 8.93. The Morgan fingerprint density at radius 2 is 1.78 bits per heavy atom. The number of carbonyl (C=O) groups is 1. The van der Waals surface area contributed by atoms with Crippen LogP contribution in [0.5, 0.6) is 0 Å². The van der Waals surface area contributed by atoms with Crippen molar-refractivity contribution in [3.63, 3.8) is 0 Å². The van der Waals surface area contributed by atoms with Gasteiger partial charge < -0.3 is 9.67 Å². The molecule has 0 saturated heterocycles. The molecule has 0 fully saturated rings. The van der Waals surface area contributed by atoms with Crippen LogP contribution in [0, 0.1) is 0 Å². The third kappa shape index (κ3) is 2.24. The summed E-state index contributed by atoms with van der Waals surface area (Å²) < 4.78 is 3.51. The standard InChI is InChI=1S/C15H14N4O4/c1-17-13-11(14(22)18(2)15(17)23)19(8-10(20)21)12(16-13)9-6-4-3-5-7-9/h3-7H,8H2,1-2H3,(H,20,21). The maximum atomic E-state index is 12.4. The summed E-state index contributed by atoms with van der Waals surface area (Å²) in [5.41, 5.74) is -0.158. The number of aliphatic carboxylic acids is 1. The minimum atomic E-state index is -1.10. The molecule has 2 aromatic heterocycles. The highest BCUT2D eigenvalue weighted by Gasteiger charge is 2.21. The Balaban J connectivity index is 2.49. The summed E-state index contributed by atoms with van der Waals surface area (Å²) in [5.74, 6) is -0.765. The van der Waals surface area contributed by atoms with Crippen molar-refractivity contribution in [3.05, 3.63) is 51.2 Å². The van der Waals surface area contributed by atoms with Crippen LogP contribution >= 0.6 is 0 Å². The van der Waals surface area contributed by atoms with Gasteiger partial charge in [-0.15, -0.1) is 0 Å². The largest absolute Gasteiger partial charge is 0.480 e. The lowest BCUT2D eigenvalue weighted by Gasteiger charge is -2.07. The van der Waals surface area contributed by atoms with Gasteiger partial charge in [0.15, 0.2) is 11.2 Å². The third-order valence-corrected chi connectivity index (χ3v) is 3.67. The first-order valence-corrected chi connectivity index (χ1v) is 6.85. The summed E-state index contributed by atoms with van der Waals surface area (Å²) in [4.78, 5) is 40.1. The van der Waals surface area contributed by atoms with E-state index in [-0.39, 0.29) is 11.2 Å². The SMILES string of the molecule is Cn1c(=O)c2c(nc(-c3ccccc3)n2CC(=O)O)n(C)c1=O. The third-order valence-electron chi connectivity index (χ3n) is 3.67. The minimum absolute atomic E-state index is 0.0934. The summed E-state index contributed by atoms with van der Waals surface area (Å²) in [5, 5.41) is 9.17. The molecule has 8 heteroatoms. The molecule has 118 valence electrons. The molecule has 3 aromatic rings. The molecule has 23 heavy (non-hydrogen) atoms. The molecule has 0 saturated carbocycles. The number of fused-ring (bicyclic) bond motifs is 1. The Morgan fingerprint density at radius 1 is 1.13 bits per heavy atom. The molecule has 1 aromatic carbocycles. The van der Waals surface area contributed by atoms with Crippen LogP contribution in [-0.4, -0.2) is 29.8 Å². The van der Waals surface area contributed by atoms with E-state index in [1.54, 1.807) is 24.3 Å². The van der Waals surface area contributed by atoms with Gasteiger partial charge in [-0.1, -0.05) is 30.3 Å². The number of aryl methyl sites for hydroxylation is 1. The van der Waals surface area contributed by atoms with Crippen LogP contribution in [0.1, 0.15) is 0 Å². The van der Waals surface area contributed by atoms with Gasteiger partial charge in [-0.3, -0.25) is 18.7 Å². The van der Waals surface area contributed by atoms with Crippen molar-refractivity contribution in [2.45, 2.75) is 6.54 Å². The van der Waals surface area contributed by atoms with Gasteiger partial charge in [0.25, 0.3) is 5.56 Å². The quantitative estimate of drug-likeness (QED) is 0.744. The molecule has 8 nitrogen and oxygen atoms in total. The van der Waals surface area contributed by atoms with Gasteiger partial charge in [-0.25, -0.2) is 9.78 Å². The van der Waals surface area contributed by atoms with Gasteiger partial charge >= 0.3 is 11.7 Å². The van der Waals surface area contributed by atoms with E-state index >= 15 is 0 Å². The number of rotatable bonds is 3. The van der Waals surface area contributed by atoms with Crippen LogP contribution in [0.2, 0.25) is 0 Å². The molecule has 3 rings (SSSR count). The number of hydrogen-bond donors (Lipinski definition) is 1. The number of carboxylic acid groups (broad SMARTS) is 1. The smallest absolute Gasteiger partial charge is 0.332 e. The lowest BCUT2D eigenvalue weighted by atomic mass is 10.2. The second-order valence-corrected chi connectivity index (χ2v) is 5.16. The van der Waals surface area contributed by atoms with Crippen molar-refractivity contribution < 1.29 is 9.90 Å². The Kier molecular flexibility index (Phi) is 3.36. The molecule has 0 aliphatic rings. The minimum Gasteiger partial charge on any atom is -0.480 e. The van der Waals surface area contributed by atoms with Crippen LogP contribution in [0.25, 0.3) is 22.6 Å². The molecule has 0 spiro atoms. The van der Waals surface area contributed by atoms with Gasteiger partial charge in [0.2, 0.25) is 0 Å². The Labute approximate surface area is 129 Å². The zero-order valence-electron chi connectivity index (χ0n) is 12.6. The van der Waals surface area contributed by atoms with E-state index in [9.17, 15) is 19.5 Å². The second-order valence-electron chi connectivity index (χ2n) is 5.16. The number of imidazole rings is 1. The molecule has 0 aliphatic heterocycles. The van der Waals surface area contributed by atoms with Gasteiger partial charge in [0, 0.05) is 19.7 Å². The lowest BCUT2D eigenvalue weighted by molar-refractivity contribution is -0.137. The lowest BCUT2D eigenvalue weighted by Crippen LogP contribution is -2.37. The van der Waals surface area contributed by atoms with Crippen LogP contribution < -0.4 is 11.2 Å². The van der Waals surface area contributed by atoms with Gasteiger partial charge in [0.1, 0.15) is 12.4 Å². The highest BCUT2D eigenvalue weighted by Crippen LogP contribution is 2.22. The maximum absolute atomic E-state index is 12.4. The first kappa shape index (κ1) is 14.8. The molecule has 1 N–H and O–H groups in total. The Bertz CT molecular complexity index is 1030. The number of carboxylic acids is 1. The molecule has 0 bridgehead atoms. The monoisotopic (exact) mass is 314 g/mol. The van der Waals surface area contributed by atoms with Crippen molar-refractivity contribution >= 4 is 17.1 Å². The van der Waals surface area contributed by atoms with Crippen molar-refractivity contribution in [2.24, 2.45) is 14.1 Å².